The SMILES string of the molecule is CC1=CC=[C]CC1(c1ccccc1)c1ccccn1. The van der Waals surface area contributed by atoms with Crippen LogP contribution in [-0.2, 0) is 5.41 Å². The van der Waals surface area contributed by atoms with Crippen LogP contribution in [0.1, 0.15) is 24.6 Å². The van der Waals surface area contributed by atoms with Gasteiger partial charge in [-0.1, -0.05) is 54.1 Å². The molecular weight excluding hydrogens is 230 g/mol. The lowest BCUT2D eigenvalue weighted by molar-refractivity contribution is 0.577. The summed E-state index contributed by atoms with van der Waals surface area (Å²) < 4.78 is 0. The number of hydrogen-bond acceptors (Lipinski definition) is 1. The Morgan fingerprint density at radius 3 is 2.53 bits per heavy atom. The zero-order valence-electron chi connectivity index (χ0n) is 11.0. The van der Waals surface area contributed by atoms with Crippen LogP contribution in [0.4, 0.5) is 0 Å². The molecule has 3 rings (SSSR count). The summed E-state index contributed by atoms with van der Waals surface area (Å²) >= 11 is 0. The van der Waals surface area contributed by atoms with E-state index in [0.717, 1.165) is 12.1 Å². The van der Waals surface area contributed by atoms with Crippen LogP contribution in [-0.4, -0.2) is 4.98 Å². The molecule has 0 amide bonds. The van der Waals surface area contributed by atoms with Crippen LogP contribution in [0.3, 0.4) is 0 Å². The largest absolute Gasteiger partial charge is 0.260 e. The molecule has 1 aliphatic rings. The maximum absolute atomic E-state index is 4.61. The molecule has 2 aromatic rings. The topological polar surface area (TPSA) is 12.9 Å². The maximum Gasteiger partial charge on any atom is 0.0624 e. The maximum atomic E-state index is 4.61. The summed E-state index contributed by atoms with van der Waals surface area (Å²) in [7, 11) is 0. The molecule has 1 radical (unpaired) electrons. The van der Waals surface area contributed by atoms with E-state index in [0.29, 0.717) is 0 Å². The molecule has 1 atom stereocenters. The van der Waals surface area contributed by atoms with Gasteiger partial charge in [-0.25, -0.2) is 0 Å². The van der Waals surface area contributed by atoms with Gasteiger partial charge >= 0.3 is 0 Å². The second kappa shape index (κ2) is 4.85. The zero-order valence-corrected chi connectivity index (χ0v) is 11.0. The van der Waals surface area contributed by atoms with Crippen LogP contribution in [0.25, 0.3) is 0 Å². The van der Waals surface area contributed by atoms with E-state index in [1.54, 1.807) is 0 Å². The first-order valence-corrected chi connectivity index (χ1v) is 6.55. The smallest absolute Gasteiger partial charge is 0.0624 e. The number of pyridine rings is 1. The highest BCUT2D eigenvalue weighted by Crippen LogP contribution is 2.42. The third kappa shape index (κ3) is 1.91. The van der Waals surface area contributed by atoms with Crippen molar-refractivity contribution in [1.82, 2.24) is 4.98 Å². The summed E-state index contributed by atoms with van der Waals surface area (Å²) in [6.45, 7) is 2.18. The van der Waals surface area contributed by atoms with Gasteiger partial charge in [-0.05, 0) is 37.1 Å². The normalized spacial score (nSPS) is 22.1. The lowest BCUT2D eigenvalue weighted by Gasteiger charge is -2.35. The average molecular weight is 246 g/mol. The Bertz CT molecular complexity index is 569. The van der Waals surface area contributed by atoms with Crippen LogP contribution >= 0.6 is 0 Å². The monoisotopic (exact) mass is 246 g/mol. The van der Waals surface area contributed by atoms with E-state index in [-0.39, 0.29) is 5.41 Å². The van der Waals surface area contributed by atoms with Crippen molar-refractivity contribution in [1.29, 1.82) is 0 Å². The first-order chi connectivity index (χ1) is 9.34. The molecule has 1 aromatic carbocycles. The number of allylic oxidation sites excluding steroid dienone is 4. The predicted molar refractivity (Wildman–Crippen MR) is 77.6 cm³/mol. The molecule has 0 N–H and O–H groups in total. The summed E-state index contributed by atoms with van der Waals surface area (Å²) in [5.74, 6) is 0. The van der Waals surface area contributed by atoms with Crippen LogP contribution in [0, 0.1) is 6.08 Å². The van der Waals surface area contributed by atoms with Crippen molar-refractivity contribution in [3.05, 3.63) is 89.8 Å². The molecule has 0 aliphatic heterocycles. The van der Waals surface area contributed by atoms with Crippen LogP contribution in [0.15, 0.2) is 72.5 Å². The first-order valence-electron chi connectivity index (χ1n) is 6.55. The Labute approximate surface area is 114 Å². The first kappa shape index (κ1) is 11.9. The van der Waals surface area contributed by atoms with Crippen molar-refractivity contribution in [2.24, 2.45) is 0 Å². The van der Waals surface area contributed by atoms with Gasteiger partial charge in [0, 0.05) is 6.20 Å². The molecule has 0 saturated heterocycles. The van der Waals surface area contributed by atoms with Gasteiger partial charge in [-0.2, -0.15) is 0 Å². The Hall–Kier alpha value is -2.15. The van der Waals surface area contributed by atoms with Crippen molar-refractivity contribution in [2.45, 2.75) is 18.8 Å². The fraction of sp³-hybridized carbons (Fsp3) is 0.167. The fourth-order valence-electron chi connectivity index (χ4n) is 2.79. The fourth-order valence-corrected chi connectivity index (χ4v) is 2.79. The molecule has 0 saturated carbocycles. The molecule has 1 aliphatic carbocycles. The van der Waals surface area contributed by atoms with Crippen molar-refractivity contribution in [2.75, 3.05) is 0 Å². The van der Waals surface area contributed by atoms with E-state index >= 15 is 0 Å². The highest BCUT2D eigenvalue weighted by atomic mass is 14.7. The van der Waals surface area contributed by atoms with Gasteiger partial charge in [-0.3, -0.25) is 4.98 Å². The minimum absolute atomic E-state index is 0.169. The molecule has 0 bridgehead atoms. The Kier molecular flexibility index (Phi) is 3.04. The minimum Gasteiger partial charge on any atom is -0.260 e. The molecule has 0 spiro atoms. The zero-order chi connectivity index (χ0) is 13.1. The standard InChI is InChI=1S/C18H16N/c1-15-9-5-7-13-18(15,16-10-3-2-4-11-16)17-12-6-8-14-19-17/h2-6,8-12,14H,13H2,1H3. The van der Waals surface area contributed by atoms with Gasteiger partial charge in [0.05, 0.1) is 11.1 Å². The van der Waals surface area contributed by atoms with E-state index in [2.05, 4.69) is 66.5 Å². The summed E-state index contributed by atoms with van der Waals surface area (Å²) in [6.07, 6.45) is 10.2. The van der Waals surface area contributed by atoms with Crippen molar-refractivity contribution in [3.8, 4) is 0 Å². The molecule has 93 valence electrons. The van der Waals surface area contributed by atoms with Crippen LogP contribution in [0.5, 0.6) is 0 Å². The Morgan fingerprint density at radius 1 is 1.05 bits per heavy atom. The molecule has 1 heterocycles. The van der Waals surface area contributed by atoms with Gasteiger partial charge in [0.15, 0.2) is 0 Å². The Balaban J connectivity index is 2.23. The van der Waals surface area contributed by atoms with E-state index in [4.69, 9.17) is 0 Å². The molecule has 19 heavy (non-hydrogen) atoms. The quantitative estimate of drug-likeness (QED) is 0.778. The third-order valence-corrected chi connectivity index (χ3v) is 3.86. The molecule has 1 heteroatoms. The van der Waals surface area contributed by atoms with Gasteiger partial charge in [-0.15, -0.1) is 0 Å². The summed E-state index contributed by atoms with van der Waals surface area (Å²) in [4.78, 5) is 4.61. The summed E-state index contributed by atoms with van der Waals surface area (Å²) in [5, 5.41) is 0. The Morgan fingerprint density at radius 2 is 1.84 bits per heavy atom. The van der Waals surface area contributed by atoms with E-state index < -0.39 is 0 Å². The van der Waals surface area contributed by atoms with Gasteiger partial charge in [0.25, 0.3) is 0 Å². The van der Waals surface area contributed by atoms with E-state index in [1.165, 1.54) is 11.1 Å². The summed E-state index contributed by atoms with van der Waals surface area (Å²) in [5.41, 5.74) is 3.52. The van der Waals surface area contributed by atoms with Crippen LogP contribution < -0.4 is 0 Å². The summed E-state index contributed by atoms with van der Waals surface area (Å²) in [6, 6.07) is 16.7. The molecule has 0 fully saturated rings. The van der Waals surface area contributed by atoms with Crippen molar-refractivity contribution < 1.29 is 0 Å². The number of nitrogens with zero attached hydrogens (tertiary/aromatic N) is 1. The van der Waals surface area contributed by atoms with Crippen LogP contribution in [0.2, 0.25) is 0 Å². The number of benzene rings is 1. The lowest BCUT2D eigenvalue weighted by atomic mass is 9.68. The molecule has 1 aromatic heterocycles. The number of rotatable bonds is 2. The second-order valence-corrected chi connectivity index (χ2v) is 4.88. The van der Waals surface area contributed by atoms with E-state index in [9.17, 15) is 0 Å². The number of hydrogen-bond donors (Lipinski definition) is 0. The molecule has 1 nitrogen and oxygen atoms in total. The van der Waals surface area contributed by atoms with Gasteiger partial charge < -0.3 is 0 Å². The van der Waals surface area contributed by atoms with Gasteiger partial charge in [0.1, 0.15) is 0 Å². The second-order valence-electron chi connectivity index (χ2n) is 4.88. The van der Waals surface area contributed by atoms with E-state index in [1.807, 2.05) is 18.3 Å². The van der Waals surface area contributed by atoms with Crippen molar-refractivity contribution in [3.63, 3.8) is 0 Å². The highest BCUT2D eigenvalue weighted by molar-refractivity contribution is 5.48. The lowest BCUT2D eigenvalue weighted by Crippen LogP contribution is -2.31. The molecule has 1 unspecified atom stereocenters. The van der Waals surface area contributed by atoms with Crippen molar-refractivity contribution >= 4 is 0 Å². The highest BCUT2D eigenvalue weighted by Gasteiger charge is 2.37. The van der Waals surface area contributed by atoms with Gasteiger partial charge in [0.2, 0.25) is 0 Å². The average Bonchev–Trinajstić information content (AvgIpc) is 2.50. The predicted octanol–water partition coefficient (Wildman–Crippen LogP) is 4.08. The molecular formula is C18H16N. The minimum atomic E-state index is -0.169. The third-order valence-electron chi connectivity index (χ3n) is 3.86. The number of aromatic nitrogens is 1.